The summed E-state index contributed by atoms with van der Waals surface area (Å²) in [6.45, 7) is 5.92. The monoisotopic (exact) mass is 218 g/mol. The van der Waals surface area contributed by atoms with Crippen LogP contribution in [0.15, 0.2) is 0 Å². The van der Waals surface area contributed by atoms with Gasteiger partial charge in [0.15, 0.2) is 0 Å². The second-order valence-corrected chi connectivity index (χ2v) is 3.58. The lowest BCUT2D eigenvalue weighted by Gasteiger charge is -2.11. The second kappa shape index (κ2) is 9.93. The molecular weight excluding hydrogens is 196 g/mol. The zero-order valence-corrected chi connectivity index (χ0v) is 9.70. The average Bonchev–Trinajstić information content (AvgIpc) is 2.20. The molecule has 0 saturated heterocycles. The second-order valence-electron chi connectivity index (χ2n) is 3.58. The van der Waals surface area contributed by atoms with E-state index in [1.165, 1.54) is 0 Å². The maximum Gasteiger partial charge on any atom is 0.303 e. The fourth-order valence-electron chi connectivity index (χ4n) is 1.07. The standard InChI is InChI=1S/C11H22O4/c1-3-4-7-14-8-9-15-10(2)5-6-11(12)13/h10H,3-9H2,1-2H3,(H,12,13). The minimum Gasteiger partial charge on any atom is -0.481 e. The summed E-state index contributed by atoms with van der Waals surface area (Å²) in [4.78, 5) is 10.3. The van der Waals surface area contributed by atoms with E-state index < -0.39 is 5.97 Å². The predicted molar refractivity (Wildman–Crippen MR) is 58.0 cm³/mol. The Morgan fingerprint density at radius 1 is 1.33 bits per heavy atom. The number of ether oxygens (including phenoxy) is 2. The van der Waals surface area contributed by atoms with Crippen molar-refractivity contribution in [3.63, 3.8) is 0 Å². The first kappa shape index (κ1) is 14.4. The molecule has 90 valence electrons. The molecule has 0 rings (SSSR count). The Hall–Kier alpha value is -0.610. The summed E-state index contributed by atoms with van der Waals surface area (Å²) in [5, 5.41) is 8.45. The molecule has 0 radical (unpaired) electrons. The Labute approximate surface area is 91.6 Å². The fraction of sp³-hybridized carbons (Fsp3) is 0.909. The van der Waals surface area contributed by atoms with Gasteiger partial charge in [-0.2, -0.15) is 0 Å². The van der Waals surface area contributed by atoms with E-state index in [1.54, 1.807) is 0 Å². The van der Waals surface area contributed by atoms with Crippen molar-refractivity contribution in [3.8, 4) is 0 Å². The molecule has 0 spiro atoms. The number of unbranched alkanes of at least 4 members (excludes halogenated alkanes) is 1. The summed E-state index contributed by atoms with van der Waals surface area (Å²) in [7, 11) is 0. The number of rotatable bonds is 10. The highest BCUT2D eigenvalue weighted by Crippen LogP contribution is 2.01. The third-order valence-corrected chi connectivity index (χ3v) is 2.04. The molecule has 1 N–H and O–H groups in total. The maximum absolute atomic E-state index is 10.3. The molecule has 1 unspecified atom stereocenters. The van der Waals surface area contributed by atoms with E-state index in [-0.39, 0.29) is 12.5 Å². The largest absolute Gasteiger partial charge is 0.481 e. The van der Waals surface area contributed by atoms with E-state index in [1.807, 2.05) is 6.92 Å². The first-order valence-corrected chi connectivity index (χ1v) is 5.58. The van der Waals surface area contributed by atoms with Crippen molar-refractivity contribution < 1.29 is 19.4 Å². The first-order chi connectivity index (χ1) is 7.16. The van der Waals surface area contributed by atoms with Gasteiger partial charge in [-0.05, 0) is 19.8 Å². The minimum atomic E-state index is -0.773. The van der Waals surface area contributed by atoms with Crippen molar-refractivity contribution in [3.05, 3.63) is 0 Å². The molecular formula is C11H22O4. The number of carboxylic acids is 1. The van der Waals surface area contributed by atoms with Crippen LogP contribution in [0.25, 0.3) is 0 Å². The first-order valence-electron chi connectivity index (χ1n) is 5.58. The fourth-order valence-corrected chi connectivity index (χ4v) is 1.07. The molecule has 15 heavy (non-hydrogen) atoms. The zero-order valence-electron chi connectivity index (χ0n) is 9.70. The predicted octanol–water partition coefficient (Wildman–Crippen LogP) is 2.07. The highest BCUT2D eigenvalue weighted by atomic mass is 16.5. The lowest BCUT2D eigenvalue weighted by Crippen LogP contribution is -2.14. The van der Waals surface area contributed by atoms with Crippen LogP contribution in [0.3, 0.4) is 0 Å². The normalized spacial score (nSPS) is 12.7. The van der Waals surface area contributed by atoms with Gasteiger partial charge in [0.2, 0.25) is 0 Å². The number of hydrogen-bond acceptors (Lipinski definition) is 3. The van der Waals surface area contributed by atoms with Crippen LogP contribution in [0.4, 0.5) is 0 Å². The van der Waals surface area contributed by atoms with E-state index in [0.717, 1.165) is 19.4 Å². The van der Waals surface area contributed by atoms with Gasteiger partial charge >= 0.3 is 5.97 Å². The Balaban J connectivity index is 3.16. The van der Waals surface area contributed by atoms with Gasteiger partial charge in [-0.1, -0.05) is 13.3 Å². The molecule has 0 aliphatic heterocycles. The van der Waals surface area contributed by atoms with Crippen molar-refractivity contribution >= 4 is 5.97 Å². The van der Waals surface area contributed by atoms with Crippen LogP contribution >= 0.6 is 0 Å². The molecule has 4 nitrogen and oxygen atoms in total. The van der Waals surface area contributed by atoms with E-state index in [2.05, 4.69) is 6.92 Å². The van der Waals surface area contributed by atoms with E-state index in [4.69, 9.17) is 14.6 Å². The number of carbonyl (C=O) groups is 1. The average molecular weight is 218 g/mol. The molecule has 0 saturated carbocycles. The molecule has 0 heterocycles. The smallest absolute Gasteiger partial charge is 0.303 e. The third-order valence-electron chi connectivity index (χ3n) is 2.04. The van der Waals surface area contributed by atoms with Gasteiger partial charge in [0, 0.05) is 13.0 Å². The molecule has 1 atom stereocenters. The van der Waals surface area contributed by atoms with Crippen LogP contribution in [-0.2, 0) is 14.3 Å². The van der Waals surface area contributed by atoms with Crippen molar-refractivity contribution in [1.82, 2.24) is 0 Å². The van der Waals surface area contributed by atoms with Gasteiger partial charge in [0.05, 0.1) is 19.3 Å². The van der Waals surface area contributed by atoms with Crippen molar-refractivity contribution in [2.24, 2.45) is 0 Å². The summed E-state index contributed by atoms with van der Waals surface area (Å²) >= 11 is 0. The van der Waals surface area contributed by atoms with Crippen molar-refractivity contribution in [2.75, 3.05) is 19.8 Å². The van der Waals surface area contributed by atoms with Crippen LogP contribution in [0.5, 0.6) is 0 Å². The van der Waals surface area contributed by atoms with Crippen LogP contribution in [0, 0.1) is 0 Å². The zero-order chi connectivity index (χ0) is 11.5. The van der Waals surface area contributed by atoms with Crippen LogP contribution < -0.4 is 0 Å². The molecule has 4 heteroatoms. The highest BCUT2D eigenvalue weighted by molar-refractivity contribution is 5.66. The summed E-state index contributed by atoms with van der Waals surface area (Å²) in [6.07, 6.45) is 2.93. The Morgan fingerprint density at radius 3 is 2.67 bits per heavy atom. The lowest BCUT2D eigenvalue weighted by molar-refractivity contribution is -0.137. The van der Waals surface area contributed by atoms with Gasteiger partial charge in [0.25, 0.3) is 0 Å². The number of aliphatic carboxylic acids is 1. The molecule has 0 aromatic rings. The number of carboxylic acid groups (broad SMARTS) is 1. The maximum atomic E-state index is 10.3. The number of hydrogen-bond donors (Lipinski definition) is 1. The van der Waals surface area contributed by atoms with Gasteiger partial charge in [-0.15, -0.1) is 0 Å². The molecule has 0 amide bonds. The van der Waals surface area contributed by atoms with E-state index in [9.17, 15) is 4.79 Å². The molecule has 0 aliphatic carbocycles. The Bertz CT molecular complexity index is 159. The van der Waals surface area contributed by atoms with Gasteiger partial charge < -0.3 is 14.6 Å². The SMILES string of the molecule is CCCCOCCOC(C)CCC(=O)O. The van der Waals surface area contributed by atoms with Gasteiger partial charge in [0.1, 0.15) is 0 Å². The van der Waals surface area contributed by atoms with Crippen LogP contribution in [0.2, 0.25) is 0 Å². The van der Waals surface area contributed by atoms with E-state index in [0.29, 0.717) is 19.6 Å². The van der Waals surface area contributed by atoms with Gasteiger partial charge in [-0.3, -0.25) is 4.79 Å². The Morgan fingerprint density at radius 2 is 2.07 bits per heavy atom. The minimum absolute atomic E-state index is 0.00382. The summed E-state index contributed by atoms with van der Waals surface area (Å²) in [5.41, 5.74) is 0. The summed E-state index contributed by atoms with van der Waals surface area (Å²) in [5.74, 6) is -0.773. The molecule has 0 aromatic heterocycles. The van der Waals surface area contributed by atoms with E-state index >= 15 is 0 Å². The van der Waals surface area contributed by atoms with Crippen molar-refractivity contribution in [1.29, 1.82) is 0 Å². The quantitative estimate of drug-likeness (QED) is 0.570. The molecule has 0 aliphatic rings. The van der Waals surface area contributed by atoms with Crippen LogP contribution in [-0.4, -0.2) is 37.0 Å². The molecule has 0 fully saturated rings. The Kier molecular flexibility index (Phi) is 9.52. The van der Waals surface area contributed by atoms with Crippen LogP contribution in [0.1, 0.15) is 39.5 Å². The molecule has 0 aromatic carbocycles. The van der Waals surface area contributed by atoms with Gasteiger partial charge in [-0.25, -0.2) is 0 Å². The molecule has 0 bridgehead atoms. The summed E-state index contributed by atoms with van der Waals surface area (Å²) < 4.78 is 10.7. The summed E-state index contributed by atoms with van der Waals surface area (Å²) in [6, 6.07) is 0. The van der Waals surface area contributed by atoms with Crippen molar-refractivity contribution in [2.45, 2.75) is 45.6 Å². The topological polar surface area (TPSA) is 55.8 Å². The third kappa shape index (κ3) is 11.3. The lowest BCUT2D eigenvalue weighted by atomic mass is 10.2. The highest BCUT2D eigenvalue weighted by Gasteiger charge is 2.04.